The number of nitrogens with zero attached hydrogens (tertiary/aromatic N) is 2. The minimum Gasteiger partial charge on any atom is -0.300 e. The summed E-state index contributed by atoms with van der Waals surface area (Å²) in [6.45, 7) is 3.87. The van der Waals surface area contributed by atoms with Gasteiger partial charge in [0.2, 0.25) is 10.0 Å². The largest absolute Gasteiger partial charge is 0.300 e. The van der Waals surface area contributed by atoms with E-state index in [-0.39, 0.29) is 5.25 Å². The lowest BCUT2D eigenvalue weighted by atomic mass is 10.1. The molecule has 0 radical (unpaired) electrons. The Morgan fingerprint density at radius 3 is 2.43 bits per heavy atom. The van der Waals surface area contributed by atoms with Gasteiger partial charge in [0, 0.05) is 37.7 Å². The molecule has 1 saturated carbocycles. The van der Waals surface area contributed by atoms with Crippen molar-refractivity contribution in [2.24, 2.45) is 0 Å². The monoisotopic (exact) mass is 356 g/mol. The fourth-order valence-electron chi connectivity index (χ4n) is 3.58. The normalized spacial score (nSPS) is 21.8. The van der Waals surface area contributed by atoms with E-state index in [1.807, 2.05) is 18.2 Å². The van der Waals surface area contributed by atoms with Crippen LogP contribution in [0.15, 0.2) is 24.3 Å². The zero-order chi connectivity index (χ0) is 16.3. The maximum Gasteiger partial charge on any atom is 0.217 e. The smallest absolute Gasteiger partial charge is 0.217 e. The Morgan fingerprint density at radius 2 is 1.78 bits per heavy atom. The van der Waals surface area contributed by atoms with Gasteiger partial charge in [0.05, 0.1) is 5.25 Å². The summed E-state index contributed by atoms with van der Waals surface area (Å²) in [5.74, 6) is 0. The van der Waals surface area contributed by atoms with E-state index in [9.17, 15) is 8.42 Å². The zero-order valence-electron chi connectivity index (χ0n) is 13.5. The molecule has 3 rings (SSSR count). The highest BCUT2D eigenvalue weighted by atomic mass is 35.5. The van der Waals surface area contributed by atoms with Crippen LogP contribution in [0.2, 0.25) is 5.02 Å². The summed E-state index contributed by atoms with van der Waals surface area (Å²) in [5, 5.41) is 0.649. The molecule has 1 aliphatic carbocycles. The van der Waals surface area contributed by atoms with Crippen LogP contribution in [0, 0.1) is 0 Å². The van der Waals surface area contributed by atoms with Crippen LogP contribution in [0.1, 0.15) is 31.2 Å². The lowest BCUT2D eigenvalue weighted by Gasteiger charge is -2.35. The third-order valence-corrected chi connectivity index (χ3v) is 7.65. The minimum atomic E-state index is -3.07. The van der Waals surface area contributed by atoms with E-state index in [0.29, 0.717) is 13.1 Å². The molecule has 0 spiro atoms. The summed E-state index contributed by atoms with van der Waals surface area (Å²) in [5.41, 5.74) is 1.23. The van der Waals surface area contributed by atoms with Gasteiger partial charge in [0.25, 0.3) is 0 Å². The van der Waals surface area contributed by atoms with Crippen LogP contribution in [-0.2, 0) is 16.4 Å². The Hall–Kier alpha value is -0.620. The Bertz CT molecular complexity index is 621. The van der Waals surface area contributed by atoms with Gasteiger partial charge in [-0.2, -0.15) is 4.31 Å². The van der Waals surface area contributed by atoms with E-state index in [1.165, 1.54) is 5.56 Å². The second-order valence-electron chi connectivity index (χ2n) is 6.57. The highest BCUT2D eigenvalue weighted by Gasteiger charge is 2.35. The molecule has 6 heteroatoms. The van der Waals surface area contributed by atoms with Crippen LogP contribution in [-0.4, -0.2) is 55.6 Å². The molecule has 1 aliphatic heterocycles. The second kappa shape index (κ2) is 7.51. The second-order valence-corrected chi connectivity index (χ2v) is 9.22. The van der Waals surface area contributed by atoms with Gasteiger partial charge in [-0.15, -0.1) is 0 Å². The zero-order valence-corrected chi connectivity index (χ0v) is 15.0. The average Bonchev–Trinajstić information content (AvgIpc) is 3.09. The first-order valence-electron chi connectivity index (χ1n) is 8.51. The molecule has 0 amide bonds. The van der Waals surface area contributed by atoms with Crippen molar-refractivity contribution in [3.63, 3.8) is 0 Å². The molecule has 0 bridgehead atoms. The van der Waals surface area contributed by atoms with E-state index in [1.54, 1.807) is 4.31 Å². The highest BCUT2D eigenvalue weighted by molar-refractivity contribution is 7.89. The fraction of sp³-hybridized carbons (Fsp3) is 0.647. The molecule has 128 valence electrons. The first-order valence-corrected chi connectivity index (χ1v) is 10.4. The van der Waals surface area contributed by atoms with Gasteiger partial charge in [0.1, 0.15) is 0 Å². The van der Waals surface area contributed by atoms with Gasteiger partial charge in [-0.05, 0) is 37.0 Å². The molecule has 0 aromatic heterocycles. The maximum absolute atomic E-state index is 12.6. The van der Waals surface area contributed by atoms with Crippen molar-refractivity contribution in [3.05, 3.63) is 34.9 Å². The van der Waals surface area contributed by atoms with Crippen molar-refractivity contribution >= 4 is 21.6 Å². The maximum atomic E-state index is 12.6. The lowest BCUT2D eigenvalue weighted by molar-refractivity contribution is 0.189. The van der Waals surface area contributed by atoms with Gasteiger partial charge in [-0.25, -0.2) is 8.42 Å². The molecule has 1 aromatic carbocycles. The van der Waals surface area contributed by atoms with Crippen molar-refractivity contribution < 1.29 is 8.42 Å². The molecule has 1 aromatic rings. The third-order valence-electron chi connectivity index (χ3n) is 5.02. The molecular weight excluding hydrogens is 332 g/mol. The van der Waals surface area contributed by atoms with Crippen LogP contribution >= 0.6 is 11.6 Å². The average molecular weight is 357 g/mol. The molecule has 1 heterocycles. The third kappa shape index (κ3) is 4.27. The first-order chi connectivity index (χ1) is 11.1. The molecule has 23 heavy (non-hydrogen) atoms. The number of benzene rings is 1. The summed E-state index contributed by atoms with van der Waals surface area (Å²) >= 11 is 6.01. The Balaban J connectivity index is 1.48. The van der Waals surface area contributed by atoms with Gasteiger partial charge in [-0.3, -0.25) is 0 Å². The first kappa shape index (κ1) is 17.2. The molecule has 0 atom stereocenters. The highest BCUT2D eigenvalue weighted by Crippen LogP contribution is 2.27. The van der Waals surface area contributed by atoms with Crippen molar-refractivity contribution in [1.29, 1.82) is 0 Å². The number of rotatable bonds is 5. The molecule has 1 saturated heterocycles. The van der Waals surface area contributed by atoms with Gasteiger partial charge in [-0.1, -0.05) is 36.6 Å². The van der Waals surface area contributed by atoms with Gasteiger partial charge < -0.3 is 4.90 Å². The van der Waals surface area contributed by atoms with E-state index in [2.05, 4.69) is 11.0 Å². The summed E-state index contributed by atoms with van der Waals surface area (Å²) < 4.78 is 26.9. The summed E-state index contributed by atoms with van der Waals surface area (Å²) in [6.07, 6.45) is 4.76. The molecule has 2 fully saturated rings. The van der Waals surface area contributed by atoms with Crippen molar-refractivity contribution in [2.45, 2.75) is 37.4 Å². The molecule has 4 nitrogen and oxygen atoms in total. The van der Waals surface area contributed by atoms with Crippen LogP contribution in [0.4, 0.5) is 0 Å². The predicted octanol–water partition coefficient (Wildman–Crippen LogP) is 2.77. The summed E-state index contributed by atoms with van der Waals surface area (Å²) in [7, 11) is -3.07. The van der Waals surface area contributed by atoms with Crippen molar-refractivity contribution in [3.8, 4) is 0 Å². The van der Waals surface area contributed by atoms with Crippen LogP contribution in [0.5, 0.6) is 0 Å². The minimum absolute atomic E-state index is 0.125. The summed E-state index contributed by atoms with van der Waals surface area (Å²) in [6, 6.07) is 7.95. The number of halogens is 1. The molecule has 0 N–H and O–H groups in total. The quantitative estimate of drug-likeness (QED) is 0.814. The molecule has 0 unspecified atom stereocenters. The summed E-state index contributed by atoms with van der Waals surface area (Å²) in [4.78, 5) is 2.35. The standard InChI is InChI=1S/C17H25ClN2O2S/c18-16-5-3-4-15(14-16)8-9-19-10-12-20(13-11-19)23(21,22)17-6-1-2-7-17/h3-5,14,17H,1-2,6-13H2. The topological polar surface area (TPSA) is 40.6 Å². The van der Waals surface area contributed by atoms with Crippen LogP contribution in [0.3, 0.4) is 0 Å². The lowest BCUT2D eigenvalue weighted by Crippen LogP contribution is -2.51. The van der Waals surface area contributed by atoms with Crippen molar-refractivity contribution in [1.82, 2.24) is 9.21 Å². The number of hydrogen-bond donors (Lipinski definition) is 0. The Labute approximate surface area is 144 Å². The van der Waals surface area contributed by atoms with E-state index in [0.717, 1.165) is 56.8 Å². The van der Waals surface area contributed by atoms with Crippen molar-refractivity contribution in [2.75, 3.05) is 32.7 Å². The SMILES string of the molecule is O=S(=O)(C1CCCC1)N1CCN(CCc2cccc(Cl)c2)CC1. The van der Waals surface area contributed by atoms with E-state index >= 15 is 0 Å². The van der Waals surface area contributed by atoms with E-state index < -0.39 is 10.0 Å². The Kier molecular flexibility index (Phi) is 5.62. The number of hydrogen-bond acceptors (Lipinski definition) is 3. The molecular formula is C17H25ClN2O2S. The van der Waals surface area contributed by atoms with Gasteiger partial charge in [0.15, 0.2) is 0 Å². The number of sulfonamides is 1. The number of piperazine rings is 1. The van der Waals surface area contributed by atoms with Crippen LogP contribution in [0.25, 0.3) is 0 Å². The van der Waals surface area contributed by atoms with Gasteiger partial charge >= 0.3 is 0 Å². The van der Waals surface area contributed by atoms with Crippen LogP contribution < -0.4 is 0 Å². The van der Waals surface area contributed by atoms with E-state index in [4.69, 9.17) is 11.6 Å². The predicted molar refractivity (Wildman–Crippen MR) is 94.3 cm³/mol. The molecule has 2 aliphatic rings. The Morgan fingerprint density at radius 1 is 1.09 bits per heavy atom. The fourth-order valence-corrected chi connectivity index (χ4v) is 5.82.